The van der Waals surface area contributed by atoms with Gasteiger partial charge in [0.1, 0.15) is 6.04 Å². The summed E-state index contributed by atoms with van der Waals surface area (Å²) >= 11 is 0. The molecule has 26 heavy (non-hydrogen) atoms. The molecular weight excluding hydrogens is 352 g/mol. The van der Waals surface area contributed by atoms with Gasteiger partial charge in [-0.25, -0.2) is 12.7 Å². The van der Waals surface area contributed by atoms with Crippen LogP contribution in [0.15, 0.2) is 59.5 Å². The molecular formula is C19H20N2O4S. The predicted octanol–water partition coefficient (Wildman–Crippen LogP) is 1.99. The Hall–Kier alpha value is -2.67. The van der Waals surface area contributed by atoms with Crippen molar-refractivity contribution in [2.75, 3.05) is 0 Å². The summed E-state index contributed by atoms with van der Waals surface area (Å²) < 4.78 is 26.5. The van der Waals surface area contributed by atoms with Gasteiger partial charge in [-0.1, -0.05) is 48.0 Å². The number of amides is 2. The monoisotopic (exact) mass is 372 g/mol. The maximum atomic E-state index is 12.9. The van der Waals surface area contributed by atoms with Crippen LogP contribution in [0.3, 0.4) is 0 Å². The summed E-state index contributed by atoms with van der Waals surface area (Å²) in [4.78, 5) is 24.8. The Kier molecular flexibility index (Phi) is 5.08. The van der Waals surface area contributed by atoms with E-state index in [-0.39, 0.29) is 24.3 Å². The molecule has 0 saturated carbocycles. The molecule has 0 aliphatic carbocycles. The second-order valence-electron chi connectivity index (χ2n) is 6.27. The number of sulfonamides is 1. The van der Waals surface area contributed by atoms with Crippen LogP contribution >= 0.6 is 0 Å². The van der Waals surface area contributed by atoms with E-state index in [1.165, 1.54) is 12.1 Å². The van der Waals surface area contributed by atoms with Gasteiger partial charge in [-0.3, -0.25) is 9.59 Å². The van der Waals surface area contributed by atoms with Crippen molar-refractivity contribution in [2.45, 2.75) is 37.2 Å². The minimum atomic E-state index is -4.06. The Morgan fingerprint density at radius 1 is 1.12 bits per heavy atom. The van der Waals surface area contributed by atoms with E-state index in [1.54, 1.807) is 12.1 Å². The predicted molar refractivity (Wildman–Crippen MR) is 96.5 cm³/mol. The Balaban J connectivity index is 1.79. The zero-order valence-electron chi connectivity index (χ0n) is 14.4. The van der Waals surface area contributed by atoms with Gasteiger partial charge in [0.2, 0.25) is 11.8 Å². The van der Waals surface area contributed by atoms with Gasteiger partial charge in [-0.2, -0.15) is 0 Å². The van der Waals surface area contributed by atoms with Gasteiger partial charge in [-0.15, -0.1) is 0 Å². The first-order valence-electron chi connectivity index (χ1n) is 8.35. The lowest BCUT2D eigenvalue weighted by Crippen LogP contribution is -2.47. The van der Waals surface area contributed by atoms with Crippen molar-refractivity contribution >= 4 is 21.8 Å². The first-order valence-corrected chi connectivity index (χ1v) is 9.79. The van der Waals surface area contributed by atoms with E-state index in [0.29, 0.717) is 0 Å². The van der Waals surface area contributed by atoms with E-state index in [9.17, 15) is 18.0 Å². The molecule has 0 aromatic heterocycles. The lowest BCUT2D eigenvalue weighted by atomic mass is 10.2. The van der Waals surface area contributed by atoms with Crippen LogP contribution in [0.25, 0.3) is 0 Å². The SMILES string of the molecule is Cc1ccc(S(=O)(=O)N2C(=O)CC[C@@H]2C(=O)NCc2ccccc2)cc1. The van der Waals surface area contributed by atoms with Crippen molar-refractivity contribution < 1.29 is 18.0 Å². The molecule has 1 aliphatic heterocycles. The molecule has 1 N–H and O–H groups in total. The number of benzene rings is 2. The van der Waals surface area contributed by atoms with Gasteiger partial charge in [0.15, 0.2) is 0 Å². The molecule has 0 bridgehead atoms. The van der Waals surface area contributed by atoms with Gasteiger partial charge in [0.25, 0.3) is 10.0 Å². The Morgan fingerprint density at radius 2 is 1.77 bits per heavy atom. The minimum absolute atomic E-state index is 0.0132. The number of nitrogens with one attached hydrogen (secondary N) is 1. The molecule has 0 spiro atoms. The molecule has 1 atom stereocenters. The fourth-order valence-electron chi connectivity index (χ4n) is 2.93. The second-order valence-corrected chi connectivity index (χ2v) is 8.08. The first-order chi connectivity index (χ1) is 12.4. The van der Waals surface area contributed by atoms with Gasteiger partial charge < -0.3 is 5.32 Å². The molecule has 2 amide bonds. The van der Waals surface area contributed by atoms with Crippen molar-refractivity contribution in [3.05, 3.63) is 65.7 Å². The zero-order chi connectivity index (χ0) is 18.7. The van der Waals surface area contributed by atoms with Crippen LogP contribution < -0.4 is 5.32 Å². The highest BCUT2D eigenvalue weighted by atomic mass is 32.2. The van der Waals surface area contributed by atoms with Gasteiger partial charge in [0.05, 0.1) is 4.90 Å². The molecule has 0 unspecified atom stereocenters. The molecule has 1 saturated heterocycles. The van der Waals surface area contributed by atoms with Crippen LogP contribution in [0.2, 0.25) is 0 Å². The third kappa shape index (κ3) is 3.62. The summed E-state index contributed by atoms with van der Waals surface area (Å²) in [5.41, 5.74) is 1.81. The molecule has 136 valence electrons. The number of carbonyl (C=O) groups excluding carboxylic acids is 2. The van der Waals surface area contributed by atoms with E-state index in [2.05, 4.69) is 5.32 Å². The summed E-state index contributed by atoms with van der Waals surface area (Å²) in [5, 5.41) is 2.73. The van der Waals surface area contributed by atoms with Crippen LogP contribution in [0, 0.1) is 6.92 Å². The highest BCUT2D eigenvalue weighted by molar-refractivity contribution is 7.89. The number of rotatable bonds is 5. The van der Waals surface area contributed by atoms with Crippen molar-refractivity contribution in [1.29, 1.82) is 0 Å². The van der Waals surface area contributed by atoms with Crippen molar-refractivity contribution in [3.63, 3.8) is 0 Å². The molecule has 2 aromatic rings. The molecule has 2 aromatic carbocycles. The minimum Gasteiger partial charge on any atom is -0.350 e. The molecule has 7 heteroatoms. The maximum absolute atomic E-state index is 12.9. The van der Waals surface area contributed by atoms with E-state index < -0.39 is 27.9 Å². The standard InChI is InChI=1S/C19H20N2O4S/c1-14-7-9-16(10-8-14)26(24,25)21-17(11-12-18(21)22)19(23)20-13-15-5-3-2-4-6-15/h2-10,17H,11-13H2,1H3,(H,20,23)/t17-/m1/s1. The average Bonchev–Trinajstić information content (AvgIpc) is 3.03. The number of hydrogen-bond donors (Lipinski definition) is 1. The molecule has 1 fully saturated rings. The summed E-state index contributed by atoms with van der Waals surface area (Å²) in [6.45, 7) is 2.13. The third-order valence-corrected chi connectivity index (χ3v) is 6.19. The molecule has 1 aliphatic rings. The zero-order valence-corrected chi connectivity index (χ0v) is 15.2. The highest BCUT2D eigenvalue weighted by Gasteiger charge is 2.44. The van der Waals surface area contributed by atoms with Gasteiger partial charge >= 0.3 is 0 Å². The number of aryl methyl sites for hydroxylation is 1. The molecule has 0 radical (unpaired) electrons. The summed E-state index contributed by atoms with van der Waals surface area (Å²) in [6.07, 6.45) is 0.221. The Bertz CT molecular complexity index is 908. The summed E-state index contributed by atoms with van der Waals surface area (Å²) in [6, 6.07) is 14.5. The van der Waals surface area contributed by atoms with Gasteiger partial charge in [-0.05, 0) is 31.0 Å². The van der Waals surface area contributed by atoms with Crippen LogP contribution in [-0.2, 0) is 26.2 Å². The number of hydrogen-bond acceptors (Lipinski definition) is 4. The van der Waals surface area contributed by atoms with Crippen molar-refractivity contribution in [1.82, 2.24) is 9.62 Å². The van der Waals surface area contributed by atoms with Crippen molar-refractivity contribution in [2.24, 2.45) is 0 Å². The van der Waals surface area contributed by atoms with E-state index in [1.807, 2.05) is 37.3 Å². The van der Waals surface area contributed by atoms with E-state index in [0.717, 1.165) is 15.4 Å². The van der Waals surface area contributed by atoms with Crippen LogP contribution in [0.1, 0.15) is 24.0 Å². The lowest BCUT2D eigenvalue weighted by Gasteiger charge is -2.23. The normalized spacial score (nSPS) is 17.3. The number of nitrogens with zero attached hydrogens (tertiary/aromatic N) is 1. The largest absolute Gasteiger partial charge is 0.350 e. The highest BCUT2D eigenvalue weighted by Crippen LogP contribution is 2.27. The average molecular weight is 372 g/mol. The van der Waals surface area contributed by atoms with Crippen LogP contribution in [-0.4, -0.2) is 30.6 Å². The maximum Gasteiger partial charge on any atom is 0.267 e. The summed E-state index contributed by atoms with van der Waals surface area (Å²) in [5.74, 6) is -1.01. The lowest BCUT2D eigenvalue weighted by molar-refractivity contribution is -0.130. The van der Waals surface area contributed by atoms with Gasteiger partial charge in [0, 0.05) is 13.0 Å². The quantitative estimate of drug-likeness (QED) is 0.870. The van der Waals surface area contributed by atoms with Crippen molar-refractivity contribution in [3.8, 4) is 0 Å². The smallest absolute Gasteiger partial charge is 0.267 e. The number of carbonyl (C=O) groups is 2. The Morgan fingerprint density at radius 3 is 2.42 bits per heavy atom. The fraction of sp³-hybridized carbons (Fsp3) is 0.263. The molecule has 3 rings (SSSR count). The first kappa shape index (κ1) is 18.1. The van der Waals surface area contributed by atoms with Crippen LogP contribution in [0.4, 0.5) is 0 Å². The van der Waals surface area contributed by atoms with Crippen LogP contribution in [0.5, 0.6) is 0 Å². The fourth-order valence-corrected chi connectivity index (χ4v) is 4.53. The molecule has 6 nitrogen and oxygen atoms in total. The Labute approximate surface area is 152 Å². The third-order valence-electron chi connectivity index (χ3n) is 4.35. The molecule has 1 heterocycles. The summed E-state index contributed by atoms with van der Waals surface area (Å²) in [7, 11) is -4.06. The van der Waals surface area contributed by atoms with E-state index >= 15 is 0 Å². The second kappa shape index (κ2) is 7.29. The topological polar surface area (TPSA) is 83.6 Å². The van der Waals surface area contributed by atoms with E-state index in [4.69, 9.17) is 0 Å².